The van der Waals surface area contributed by atoms with Gasteiger partial charge in [0.1, 0.15) is 5.52 Å². The molecule has 0 aliphatic rings. The number of allylic oxidation sites excluding steroid dienone is 6. The van der Waals surface area contributed by atoms with Crippen LogP contribution in [0.3, 0.4) is 0 Å². The number of nitrogens with two attached hydrogens (primary N) is 1. The Morgan fingerprint density at radius 1 is 1.30 bits per heavy atom. The lowest BCUT2D eigenvalue weighted by molar-refractivity contribution is 0.424. The van der Waals surface area contributed by atoms with Crippen LogP contribution in [-0.2, 0) is 13.1 Å². The monoisotopic (exact) mass is 471 g/mol. The molecule has 0 aliphatic heterocycles. The third kappa shape index (κ3) is 6.44. The first-order valence-corrected chi connectivity index (χ1v) is 11.3. The second-order valence-electron chi connectivity index (χ2n) is 7.79. The van der Waals surface area contributed by atoms with Crippen LogP contribution in [0.1, 0.15) is 33.6 Å². The normalized spacial score (nSPS) is 13.3. The minimum atomic E-state index is -0.186. The summed E-state index contributed by atoms with van der Waals surface area (Å²) in [5.41, 5.74) is 10.00. The molecule has 2 aromatic rings. The van der Waals surface area contributed by atoms with E-state index >= 15 is 0 Å². The summed E-state index contributed by atoms with van der Waals surface area (Å²) >= 11 is 6.40. The van der Waals surface area contributed by atoms with E-state index in [9.17, 15) is 4.79 Å². The van der Waals surface area contributed by atoms with Crippen LogP contribution < -0.4 is 11.4 Å². The lowest BCUT2D eigenvalue weighted by Crippen LogP contribution is -2.25. The Labute approximate surface area is 200 Å². The smallest absolute Gasteiger partial charge is 0.330 e. The summed E-state index contributed by atoms with van der Waals surface area (Å²) in [5.74, 6) is 0.0394. The first-order chi connectivity index (χ1) is 15.7. The zero-order valence-corrected chi connectivity index (χ0v) is 20.9. The summed E-state index contributed by atoms with van der Waals surface area (Å²) in [6.45, 7) is 11.5. The van der Waals surface area contributed by atoms with Crippen molar-refractivity contribution in [1.29, 1.82) is 0 Å². The van der Waals surface area contributed by atoms with Crippen LogP contribution in [0.25, 0.3) is 11.2 Å². The number of nitrogens with zero attached hydrogens (tertiary/aromatic N) is 6. The predicted octanol–water partition coefficient (Wildman–Crippen LogP) is 4.22. The van der Waals surface area contributed by atoms with Gasteiger partial charge in [0.15, 0.2) is 10.8 Å². The summed E-state index contributed by atoms with van der Waals surface area (Å²) < 4.78 is 3.23. The molecule has 0 saturated carbocycles. The number of anilines is 1. The molecule has 0 fully saturated rings. The highest BCUT2D eigenvalue weighted by Crippen LogP contribution is 2.22. The molecule has 0 spiro atoms. The molecule has 0 amide bonds. The quantitative estimate of drug-likeness (QED) is 0.300. The van der Waals surface area contributed by atoms with E-state index in [-0.39, 0.29) is 16.8 Å². The topological polar surface area (TPSA) is 94.3 Å². The fourth-order valence-corrected chi connectivity index (χ4v) is 4.08. The van der Waals surface area contributed by atoms with Crippen LogP contribution in [0.15, 0.2) is 57.5 Å². The van der Waals surface area contributed by atoms with Gasteiger partial charge in [0.2, 0.25) is 5.95 Å². The summed E-state index contributed by atoms with van der Waals surface area (Å²) in [6, 6.07) is 0. The van der Waals surface area contributed by atoms with E-state index in [4.69, 9.17) is 17.3 Å². The Bertz CT molecular complexity index is 1170. The highest BCUT2D eigenvalue weighted by molar-refractivity contribution is 6.33. The molecule has 0 aromatic carbocycles. The van der Waals surface area contributed by atoms with Crippen molar-refractivity contribution in [1.82, 2.24) is 24.0 Å². The number of rotatable bonds is 11. The second-order valence-corrected chi connectivity index (χ2v) is 8.15. The number of imidazole rings is 1. The number of hydrogen-bond donors (Lipinski definition) is 1. The van der Waals surface area contributed by atoms with Crippen LogP contribution in [0.2, 0.25) is 5.15 Å². The number of nitrogen functional groups attached to an aromatic ring is 1. The highest BCUT2D eigenvalue weighted by Gasteiger charge is 2.18. The van der Waals surface area contributed by atoms with Crippen LogP contribution in [0, 0.1) is 0 Å². The molecule has 2 aromatic heterocycles. The van der Waals surface area contributed by atoms with Crippen LogP contribution in [0.5, 0.6) is 0 Å². The van der Waals surface area contributed by atoms with Crippen molar-refractivity contribution >= 4 is 34.9 Å². The van der Waals surface area contributed by atoms with E-state index in [0.717, 1.165) is 30.5 Å². The third-order valence-electron chi connectivity index (χ3n) is 5.41. The fraction of sp³-hybridized carbons (Fsp3) is 0.417. The molecule has 0 saturated heterocycles. The van der Waals surface area contributed by atoms with E-state index in [1.165, 1.54) is 5.57 Å². The molecule has 8 nitrogen and oxygen atoms in total. The van der Waals surface area contributed by atoms with Crippen molar-refractivity contribution in [3.63, 3.8) is 0 Å². The van der Waals surface area contributed by atoms with Crippen molar-refractivity contribution in [3.8, 4) is 0 Å². The van der Waals surface area contributed by atoms with Crippen LogP contribution >= 0.6 is 11.6 Å². The maximum absolute atomic E-state index is 13.3. The zero-order valence-electron chi connectivity index (χ0n) is 20.2. The number of fused-ring (bicyclic) bond motifs is 1. The van der Waals surface area contributed by atoms with Crippen molar-refractivity contribution in [2.45, 2.75) is 46.7 Å². The van der Waals surface area contributed by atoms with Gasteiger partial charge in [0, 0.05) is 39.9 Å². The SMILES string of the molecule is C=C/C=C\N(C)CCCn1c(=O)n(C/C=C(C)/C(CC)=C(/C)C=NC)c2nc(N)nc(Cl)c21. The highest BCUT2D eigenvalue weighted by atomic mass is 35.5. The molecule has 2 rings (SSSR count). The Morgan fingerprint density at radius 3 is 2.67 bits per heavy atom. The zero-order chi connectivity index (χ0) is 24.5. The van der Waals surface area contributed by atoms with E-state index in [1.807, 2.05) is 50.4 Å². The standard InChI is InChI=1S/C24H34ClN7O/c1-7-9-12-30(6)13-10-14-31-20-21(25)28-23(26)29-22(20)32(24(31)33)15-11-17(3)19(8-2)18(4)16-27-5/h7,9,11-12,16H,1,8,10,13-15H2,2-6H3,(H2,26,28,29)/b12-9-,17-11+,19-18-,27-16?. The molecule has 2 heterocycles. The van der Waals surface area contributed by atoms with Gasteiger partial charge in [-0.2, -0.15) is 9.97 Å². The first kappa shape index (κ1) is 26.1. The van der Waals surface area contributed by atoms with Crippen molar-refractivity contribution < 1.29 is 0 Å². The number of halogens is 1. The average molecular weight is 472 g/mol. The molecule has 0 radical (unpaired) electrons. The molecule has 2 N–H and O–H groups in total. The molecule has 0 aliphatic carbocycles. The van der Waals surface area contributed by atoms with Gasteiger partial charge in [0.25, 0.3) is 0 Å². The molecule has 9 heteroatoms. The minimum absolute atomic E-state index is 0.0394. The predicted molar refractivity (Wildman–Crippen MR) is 139 cm³/mol. The van der Waals surface area contributed by atoms with Gasteiger partial charge in [-0.1, -0.05) is 37.3 Å². The van der Waals surface area contributed by atoms with Crippen molar-refractivity contribution in [2.24, 2.45) is 4.99 Å². The van der Waals surface area contributed by atoms with Gasteiger partial charge in [-0.15, -0.1) is 0 Å². The van der Waals surface area contributed by atoms with Gasteiger partial charge in [-0.25, -0.2) is 4.79 Å². The Balaban J connectivity index is 2.44. The summed E-state index contributed by atoms with van der Waals surface area (Å²) in [5, 5.41) is 0.179. The average Bonchev–Trinajstić information content (AvgIpc) is 3.02. The Morgan fingerprint density at radius 2 is 2.03 bits per heavy atom. The van der Waals surface area contributed by atoms with E-state index < -0.39 is 0 Å². The maximum atomic E-state index is 13.3. The minimum Gasteiger partial charge on any atom is -0.380 e. The van der Waals surface area contributed by atoms with Crippen molar-refractivity contribution in [2.75, 3.05) is 26.4 Å². The summed E-state index contributed by atoms with van der Waals surface area (Å²) in [7, 11) is 3.73. The van der Waals surface area contributed by atoms with Gasteiger partial charge >= 0.3 is 5.69 Å². The van der Waals surface area contributed by atoms with Crippen LogP contribution in [0.4, 0.5) is 5.95 Å². The molecule has 0 bridgehead atoms. The lowest BCUT2D eigenvalue weighted by Gasteiger charge is -2.13. The molecular weight excluding hydrogens is 438 g/mol. The Kier molecular flexibility index (Phi) is 9.66. The maximum Gasteiger partial charge on any atom is 0.330 e. The van der Waals surface area contributed by atoms with Crippen molar-refractivity contribution in [3.05, 3.63) is 63.4 Å². The molecule has 33 heavy (non-hydrogen) atoms. The van der Waals surface area contributed by atoms with Crippen LogP contribution in [-0.4, -0.2) is 50.9 Å². The van der Waals surface area contributed by atoms with E-state index in [1.54, 1.807) is 22.3 Å². The summed E-state index contributed by atoms with van der Waals surface area (Å²) in [6.07, 6.45) is 11.0. The second kappa shape index (κ2) is 12.2. The molecule has 0 atom stereocenters. The van der Waals surface area contributed by atoms with Gasteiger partial charge in [0.05, 0.1) is 0 Å². The largest absolute Gasteiger partial charge is 0.380 e. The first-order valence-electron chi connectivity index (χ1n) is 11.0. The number of hydrogen-bond acceptors (Lipinski definition) is 6. The lowest BCUT2D eigenvalue weighted by atomic mass is 10.00. The molecule has 178 valence electrons. The van der Waals surface area contributed by atoms with Gasteiger partial charge in [-0.3, -0.25) is 14.1 Å². The Hall–Kier alpha value is -3.13. The molecule has 0 unspecified atom stereocenters. The van der Waals surface area contributed by atoms with Gasteiger partial charge in [-0.05, 0) is 55.7 Å². The van der Waals surface area contributed by atoms with E-state index in [2.05, 4.69) is 28.5 Å². The fourth-order valence-electron chi connectivity index (χ4n) is 3.81. The van der Waals surface area contributed by atoms with E-state index in [0.29, 0.717) is 24.3 Å². The molecular formula is C24H34ClN7O. The number of aromatic nitrogens is 4. The third-order valence-corrected chi connectivity index (χ3v) is 5.67. The number of aryl methyl sites for hydroxylation is 1. The summed E-state index contributed by atoms with van der Waals surface area (Å²) in [4.78, 5) is 27.9. The van der Waals surface area contributed by atoms with Gasteiger partial charge < -0.3 is 10.6 Å². The number of aliphatic imine (C=N–C) groups is 1.